The van der Waals surface area contributed by atoms with Crippen molar-refractivity contribution in [2.45, 2.75) is 43.1 Å². The number of ether oxygens (including phenoxy) is 1. The van der Waals surface area contributed by atoms with Crippen molar-refractivity contribution in [3.05, 3.63) is 71.8 Å². The average Bonchev–Trinajstić information content (AvgIpc) is 2.89. The normalized spacial score (nSPS) is 24.9. The summed E-state index contributed by atoms with van der Waals surface area (Å²) in [5.74, 6) is -0.272. The molecule has 0 aromatic heterocycles. The highest BCUT2D eigenvalue weighted by molar-refractivity contribution is 5.89. The molecule has 0 unspecified atom stereocenters. The zero-order valence-corrected chi connectivity index (χ0v) is 16.8. The van der Waals surface area contributed by atoms with E-state index in [0.717, 1.165) is 31.4 Å². The van der Waals surface area contributed by atoms with Crippen molar-refractivity contribution in [3.8, 4) is 6.07 Å². The van der Waals surface area contributed by atoms with Gasteiger partial charge in [0, 0.05) is 0 Å². The first kappa shape index (κ1) is 20.1. The standard InChI is InChI=1S/C24H28N2O2/c1-26(2)19-24(28-22(27)20-10-5-3-6-11-20)15-9-14-23(18-25,16-17-24)21-12-7-4-8-13-21/h3-8,10-13H,9,14-17,19H2,1-2H3/p+1/t23-,24+/m0/s1. The quantitative estimate of drug-likeness (QED) is 0.643. The fourth-order valence-electron chi connectivity index (χ4n) is 4.41. The molecule has 0 aliphatic heterocycles. The van der Waals surface area contributed by atoms with Crippen LogP contribution in [0.25, 0.3) is 0 Å². The molecule has 0 bridgehead atoms. The van der Waals surface area contributed by atoms with Gasteiger partial charge in [0.2, 0.25) is 0 Å². The van der Waals surface area contributed by atoms with Crippen LogP contribution < -0.4 is 4.90 Å². The Hall–Kier alpha value is -2.64. The molecule has 0 heterocycles. The Bertz CT molecular complexity index is 829. The number of likely N-dealkylation sites (N-methyl/N-ethyl adjacent to an activating group) is 1. The Labute approximate surface area is 167 Å². The van der Waals surface area contributed by atoms with E-state index < -0.39 is 11.0 Å². The van der Waals surface area contributed by atoms with Gasteiger partial charge in [-0.25, -0.2) is 4.79 Å². The van der Waals surface area contributed by atoms with Gasteiger partial charge in [-0.15, -0.1) is 0 Å². The molecule has 4 heteroatoms. The highest BCUT2D eigenvalue weighted by Crippen LogP contribution is 2.42. The number of hydrogen-bond acceptors (Lipinski definition) is 3. The number of nitrogens with zero attached hydrogens (tertiary/aromatic N) is 1. The van der Waals surface area contributed by atoms with Crippen molar-refractivity contribution in [1.82, 2.24) is 0 Å². The summed E-state index contributed by atoms with van der Waals surface area (Å²) in [6.45, 7) is 0.738. The van der Waals surface area contributed by atoms with Crippen molar-refractivity contribution in [2.75, 3.05) is 20.6 Å². The Morgan fingerprint density at radius 3 is 2.25 bits per heavy atom. The van der Waals surface area contributed by atoms with E-state index in [4.69, 9.17) is 4.74 Å². The van der Waals surface area contributed by atoms with Crippen LogP contribution in [0.4, 0.5) is 0 Å². The highest BCUT2D eigenvalue weighted by atomic mass is 16.6. The number of carbonyl (C=O) groups excluding carboxylic acids is 1. The van der Waals surface area contributed by atoms with Gasteiger partial charge in [-0.3, -0.25) is 0 Å². The van der Waals surface area contributed by atoms with E-state index in [9.17, 15) is 10.1 Å². The Kier molecular flexibility index (Phi) is 6.16. The van der Waals surface area contributed by atoms with E-state index >= 15 is 0 Å². The highest BCUT2D eigenvalue weighted by Gasteiger charge is 2.45. The topological polar surface area (TPSA) is 54.5 Å². The molecule has 28 heavy (non-hydrogen) atoms. The van der Waals surface area contributed by atoms with E-state index in [2.05, 4.69) is 20.2 Å². The SMILES string of the molecule is C[NH+](C)C[C@@]1(OC(=O)c2ccccc2)CCC[C@](C#N)(c2ccccc2)CC1. The average molecular weight is 378 g/mol. The molecule has 1 fully saturated rings. The second-order valence-electron chi connectivity index (χ2n) is 8.24. The van der Waals surface area contributed by atoms with Crippen molar-refractivity contribution < 1.29 is 14.4 Å². The number of benzene rings is 2. The molecule has 0 radical (unpaired) electrons. The Morgan fingerprint density at radius 1 is 1.00 bits per heavy atom. The lowest BCUT2D eigenvalue weighted by molar-refractivity contribution is -0.865. The molecule has 1 N–H and O–H groups in total. The third-order valence-corrected chi connectivity index (χ3v) is 5.78. The number of quaternary nitrogens is 1. The van der Waals surface area contributed by atoms with Gasteiger partial charge in [0.15, 0.2) is 5.60 Å². The predicted octanol–water partition coefficient (Wildman–Crippen LogP) is 3.15. The zero-order chi connectivity index (χ0) is 20.0. The monoisotopic (exact) mass is 377 g/mol. The Morgan fingerprint density at radius 2 is 1.64 bits per heavy atom. The molecule has 146 valence electrons. The molecule has 2 aromatic rings. The maximum atomic E-state index is 12.8. The van der Waals surface area contributed by atoms with Crippen LogP contribution in [-0.2, 0) is 10.2 Å². The second kappa shape index (κ2) is 8.58. The van der Waals surface area contributed by atoms with Crippen LogP contribution in [0.15, 0.2) is 60.7 Å². The summed E-state index contributed by atoms with van der Waals surface area (Å²) in [5.41, 5.74) is 0.595. The molecule has 2 atom stereocenters. The number of nitriles is 1. The van der Waals surface area contributed by atoms with Crippen molar-refractivity contribution in [3.63, 3.8) is 0 Å². The number of nitrogens with one attached hydrogen (secondary N) is 1. The van der Waals surface area contributed by atoms with Gasteiger partial charge in [-0.2, -0.15) is 5.26 Å². The third-order valence-electron chi connectivity index (χ3n) is 5.78. The summed E-state index contributed by atoms with van der Waals surface area (Å²) in [6, 6.07) is 21.8. The summed E-state index contributed by atoms with van der Waals surface area (Å²) in [5, 5.41) is 10.1. The summed E-state index contributed by atoms with van der Waals surface area (Å²) in [4.78, 5) is 14.1. The van der Waals surface area contributed by atoms with Crippen molar-refractivity contribution >= 4 is 5.97 Å². The minimum Gasteiger partial charge on any atom is -0.449 e. The zero-order valence-electron chi connectivity index (χ0n) is 16.8. The van der Waals surface area contributed by atoms with Gasteiger partial charge in [0.25, 0.3) is 0 Å². The number of carbonyl (C=O) groups is 1. The van der Waals surface area contributed by atoms with Crippen LogP contribution in [-0.4, -0.2) is 32.2 Å². The lowest BCUT2D eigenvalue weighted by Gasteiger charge is -2.33. The summed E-state index contributed by atoms with van der Waals surface area (Å²) < 4.78 is 6.16. The smallest absolute Gasteiger partial charge is 0.338 e. The van der Waals surface area contributed by atoms with Crippen molar-refractivity contribution in [2.24, 2.45) is 0 Å². The fraction of sp³-hybridized carbons (Fsp3) is 0.417. The van der Waals surface area contributed by atoms with Crippen LogP contribution >= 0.6 is 0 Å². The lowest BCUT2D eigenvalue weighted by Crippen LogP contribution is -3.08. The second-order valence-corrected chi connectivity index (χ2v) is 8.24. The van der Waals surface area contributed by atoms with Gasteiger partial charge in [0.05, 0.1) is 31.1 Å². The van der Waals surface area contributed by atoms with E-state index in [1.54, 1.807) is 12.1 Å². The van der Waals surface area contributed by atoms with Crippen LogP contribution in [0, 0.1) is 11.3 Å². The van der Waals surface area contributed by atoms with Gasteiger partial charge >= 0.3 is 5.97 Å². The molecule has 0 spiro atoms. The van der Waals surface area contributed by atoms with E-state index in [1.165, 1.54) is 4.90 Å². The minimum atomic E-state index is -0.543. The summed E-state index contributed by atoms with van der Waals surface area (Å²) >= 11 is 0. The molecule has 1 aliphatic carbocycles. The van der Waals surface area contributed by atoms with E-state index in [-0.39, 0.29) is 5.97 Å². The van der Waals surface area contributed by atoms with Gasteiger partial charge in [-0.1, -0.05) is 48.5 Å². The molecule has 0 amide bonds. The first-order valence-corrected chi connectivity index (χ1v) is 10.0. The van der Waals surface area contributed by atoms with Gasteiger partial charge < -0.3 is 9.64 Å². The first-order chi connectivity index (χ1) is 13.5. The van der Waals surface area contributed by atoms with Gasteiger partial charge in [-0.05, 0) is 49.8 Å². The molecule has 1 saturated carbocycles. The summed E-state index contributed by atoms with van der Waals surface area (Å²) in [6.07, 6.45) is 3.83. The maximum absolute atomic E-state index is 12.8. The molecular weight excluding hydrogens is 348 g/mol. The summed E-state index contributed by atoms with van der Waals surface area (Å²) in [7, 11) is 4.16. The first-order valence-electron chi connectivity index (χ1n) is 10.0. The van der Waals surface area contributed by atoms with Gasteiger partial charge in [0.1, 0.15) is 6.54 Å². The van der Waals surface area contributed by atoms with E-state index in [1.807, 2.05) is 48.5 Å². The number of rotatable bonds is 5. The van der Waals surface area contributed by atoms with Crippen LogP contribution in [0.2, 0.25) is 0 Å². The molecule has 4 nitrogen and oxygen atoms in total. The Balaban J connectivity index is 1.86. The third kappa shape index (κ3) is 4.43. The van der Waals surface area contributed by atoms with Crippen molar-refractivity contribution in [1.29, 1.82) is 5.26 Å². The molecular formula is C24H29N2O2+. The fourth-order valence-corrected chi connectivity index (χ4v) is 4.41. The largest absolute Gasteiger partial charge is 0.449 e. The molecule has 2 aromatic carbocycles. The lowest BCUT2D eigenvalue weighted by atomic mass is 9.75. The van der Waals surface area contributed by atoms with Crippen LogP contribution in [0.1, 0.15) is 48.0 Å². The number of esters is 1. The molecule has 1 aliphatic rings. The van der Waals surface area contributed by atoms with E-state index in [0.29, 0.717) is 18.4 Å². The van der Waals surface area contributed by atoms with Crippen LogP contribution in [0.3, 0.4) is 0 Å². The number of hydrogen-bond donors (Lipinski definition) is 1. The molecule has 3 rings (SSSR count). The van der Waals surface area contributed by atoms with Crippen LogP contribution in [0.5, 0.6) is 0 Å². The minimum absolute atomic E-state index is 0.272. The predicted molar refractivity (Wildman–Crippen MR) is 109 cm³/mol. The maximum Gasteiger partial charge on any atom is 0.338 e. The molecule has 0 saturated heterocycles.